The summed E-state index contributed by atoms with van der Waals surface area (Å²) < 4.78 is 2.33. The van der Waals surface area contributed by atoms with Gasteiger partial charge in [0.05, 0.1) is 25.2 Å². The van der Waals surface area contributed by atoms with Crippen LogP contribution in [-0.4, -0.2) is 40.1 Å². The third-order valence-corrected chi connectivity index (χ3v) is 2.85. The molecule has 1 rings (SSSR count). The molecule has 0 spiro atoms. The maximum absolute atomic E-state index is 11.9. The number of carbonyl (C=O) groups is 1. The molecular weight excluding hydrogens is 260 g/mol. The van der Waals surface area contributed by atoms with E-state index in [-0.39, 0.29) is 19.0 Å². The summed E-state index contributed by atoms with van der Waals surface area (Å²) in [6.45, 7) is 0.547. The van der Waals surface area contributed by atoms with Crippen LogP contribution in [0.25, 0.3) is 0 Å². The lowest BCUT2D eigenvalue weighted by atomic mass is 10.3. The van der Waals surface area contributed by atoms with E-state index in [4.69, 9.17) is 6.42 Å². The number of hydrogen-bond acceptors (Lipinski definition) is 4. The average molecular weight is 278 g/mol. The molecule has 1 aromatic heterocycles. The number of terminal acetylenes is 1. The van der Waals surface area contributed by atoms with E-state index < -0.39 is 11.2 Å². The summed E-state index contributed by atoms with van der Waals surface area (Å²) in [7, 11) is 4.55. The molecule has 108 valence electrons. The lowest BCUT2D eigenvalue weighted by Crippen LogP contribution is -2.41. The van der Waals surface area contributed by atoms with Crippen molar-refractivity contribution in [3.63, 3.8) is 0 Å². The van der Waals surface area contributed by atoms with Gasteiger partial charge in [-0.25, -0.2) is 4.79 Å². The van der Waals surface area contributed by atoms with Gasteiger partial charge in [-0.3, -0.25) is 19.5 Å². The Balaban J connectivity index is 2.84. The molecule has 0 saturated heterocycles. The Labute approximate surface area is 116 Å². The molecule has 1 N–H and O–H groups in total. The van der Waals surface area contributed by atoms with Crippen LogP contribution >= 0.6 is 0 Å². The molecule has 0 saturated carbocycles. The molecule has 0 bridgehead atoms. The molecule has 20 heavy (non-hydrogen) atoms. The summed E-state index contributed by atoms with van der Waals surface area (Å²) in [4.78, 5) is 36.7. The topological polar surface area (TPSA) is 76.3 Å². The van der Waals surface area contributed by atoms with Gasteiger partial charge in [-0.2, -0.15) is 0 Å². The number of nitrogens with zero attached hydrogens (tertiary/aromatic N) is 3. The molecule has 0 aliphatic heterocycles. The van der Waals surface area contributed by atoms with E-state index >= 15 is 0 Å². The van der Waals surface area contributed by atoms with Crippen LogP contribution in [0, 0.1) is 12.3 Å². The van der Waals surface area contributed by atoms with E-state index in [2.05, 4.69) is 11.2 Å². The Bertz CT molecular complexity index is 651. The van der Waals surface area contributed by atoms with Crippen LogP contribution in [0.3, 0.4) is 0 Å². The molecule has 0 radical (unpaired) electrons. The highest BCUT2D eigenvalue weighted by Crippen LogP contribution is 1.95. The molecule has 0 atom stereocenters. The summed E-state index contributed by atoms with van der Waals surface area (Å²) in [6, 6.07) is 0. The highest BCUT2D eigenvalue weighted by molar-refractivity contribution is 5.77. The van der Waals surface area contributed by atoms with E-state index in [9.17, 15) is 14.4 Å². The maximum atomic E-state index is 11.9. The van der Waals surface area contributed by atoms with Crippen molar-refractivity contribution in [3.05, 3.63) is 32.6 Å². The van der Waals surface area contributed by atoms with Crippen LogP contribution in [0.4, 0.5) is 0 Å². The molecule has 7 nitrogen and oxygen atoms in total. The van der Waals surface area contributed by atoms with Gasteiger partial charge < -0.3 is 9.47 Å². The van der Waals surface area contributed by atoms with Gasteiger partial charge in [-0.15, -0.1) is 6.42 Å². The minimum atomic E-state index is -0.400. The maximum Gasteiger partial charge on any atom is 0.330 e. The van der Waals surface area contributed by atoms with Crippen LogP contribution in [-0.2, 0) is 25.4 Å². The number of nitrogens with one attached hydrogen (secondary N) is 1. The van der Waals surface area contributed by atoms with Gasteiger partial charge in [0.25, 0.3) is 5.56 Å². The summed E-state index contributed by atoms with van der Waals surface area (Å²) in [5, 5.41) is 2.78. The van der Waals surface area contributed by atoms with Gasteiger partial charge in [0, 0.05) is 27.3 Å². The third-order valence-electron chi connectivity index (χ3n) is 2.85. The first-order valence-corrected chi connectivity index (χ1v) is 6.02. The highest BCUT2D eigenvalue weighted by atomic mass is 16.2. The standard InChI is InChI=1S/C13H18N4O3/c1-5-6-14-7-11(18)15(2)8-10-9-16(3)13(20)17(4)12(10)19/h1,9,14H,6-8H2,2-4H3. The molecule has 0 aliphatic carbocycles. The number of likely N-dealkylation sites (N-methyl/N-ethyl adjacent to an activating group) is 1. The Morgan fingerprint density at radius 3 is 2.70 bits per heavy atom. The number of aromatic nitrogens is 2. The Morgan fingerprint density at radius 1 is 1.45 bits per heavy atom. The normalized spacial score (nSPS) is 10.1. The molecule has 1 aromatic rings. The second-order valence-corrected chi connectivity index (χ2v) is 4.47. The van der Waals surface area contributed by atoms with Gasteiger partial charge >= 0.3 is 5.69 Å². The Morgan fingerprint density at radius 2 is 2.10 bits per heavy atom. The fraction of sp³-hybridized carbons (Fsp3) is 0.462. The number of rotatable bonds is 5. The van der Waals surface area contributed by atoms with E-state index in [1.54, 1.807) is 14.1 Å². The zero-order valence-corrected chi connectivity index (χ0v) is 11.8. The van der Waals surface area contributed by atoms with Crippen molar-refractivity contribution in [1.29, 1.82) is 0 Å². The third kappa shape index (κ3) is 3.59. The molecule has 1 amide bonds. The van der Waals surface area contributed by atoms with Crippen molar-refractivity contribution in [2.45, 2.75) is 6.54 Å². The van der Waals surface area contributed by atoms with E-state index in [0.29, 0.717) is 12.1 Å². The molecule has 0 fully saturated rings. The van der Waals surface area contributed by atoms with Crippen LogP contribution in [0.5, 0.6) is 0 Å². The van der Waals surface area contributed by atoms with Crippen molar-refractivity contribution in [2.75, 3.05) is 20.1 Å². The zero-order valence-electron chi connectivity index (χ0n) is 11.8. The Kier molecular flexibility index (Phi) is 5.29. The molecule has 0 aromatic carbocycles. The quantitative estimate of drug-likeness (QED) is 0.513. The van der Waals surface area contributed by atoms with Gasteiger partial charge in [-0.1, -0.05) is 5.92 Å². The highest BCUT2D eigenvalue weighted by Gasteiger charge is 2.13. The Hall–Kier alpha value is -2.33. The van der Waals surface area contributed by atoms with Gasteiger partial charge in [-0.05, 0) is 0 Å². The number of amides is 1. The molecular formula is C13H18N4O3. The summed E-state index contributed by atoms with van der Waals surface area (Å²) >= 11 is 0. The van der Waals surface area contributed by atoms with Gasteiger partial charge in [0.2, 0.25) is 5.91 Å². The van der Waals surface area contributed by atoms with E-state index in [1.807, 2.05) is 0 Å². The van der Waals surface area contributed by atoms with Crippen LogP contribution < -0.4 is 16.6 Å². The largest absolute Gasteiger partial charge is 0.340 e. The fourth-order valence-corrected chi connectivity index (χ4v) is 1.71. The van der Waals surface area contributed by atoms with Crippen molar-refractivity contribution in [1.82, 2.24) is 19.4 Å². The second-order valence-electron chi connectivity index (χ2n) is 4.47. The van der Waals surface area contributed by atoms with Gasteiger partial charge in [0.1, 0.15) is 0 Å². The minimum absolute atomic E-state index is 0.104. The first-order chi connectivity index (χ1) is 9.38. The van der Waals surface area contributed by atoms with Crippen molar-refractivity contribution in [3.8, 4) is 12.3 Å². The fourth-order valence-electron chi connectivity index (χ4n) is 1.71. The number of aryl methyl sites for hydroxylation is 1. The smallest absolute Gasteiger partial charge is 0.330 e. The SMILES string of the molecule is C#CCNCC(=O)N(C)Cc1cn(C)c(=O)n(C)c1=O. The average Bonchev–Trinajstić information content (AvgIpc) is 2.42. The predicted molar refractivity (Wildman–Crippen MR) is 75.1 cm³/mol. The van der Waals surface area contributed by atoms with Crippen LogP contribution in [0.1, 0.15) is 5.56 Å². The minimum Gasteiger partial charge on any atom is -0.340 e. The lowest BCUT2D eigenvalue weighted by Gasteiger charge is -2.17. The predicted octanol–water partition coefficient (Wildman–Crippen LogP) is -1.73. The number of hydrogen-bond donors (Lipinski definition) is 1. The zero-order chi connectivity index (χ0) is 15.3. The van der Waals surface area contributed by atoms with Crippen LogP contribution in [0.2, 0.25) is 0 Å². The van der Waals surface area contributed by atoms with E-state index in [0.717, 1.165) is 4.57 Å². The van der Waals surface area contributed by atoms with Crippen molar-refractivity contribution < 1.29 is 4.79 Å². The first-order valence-electron chi connectivity index (χ1n) is 6.02. The summed E-state index contributed by atoms with van der Waals surface area (Å²) in [6.07, 6.45) is 6.52. The van der Waals surface area contributed by atoms with Crippen molar-refractivity contribution in [2.24, 2.45) is 14.1 Å². The molecule has 0 aliphatic rings. The van der Waals surface area contributed by atoms with E-state index in [1.165, 1.54) is 22.7 Å². The second kappa shape index (κ2) is 6.73. The molecule has 1 heterocycles. The molecule has 7 heteroatoms. The lowest BCUT2D eigenvalue weighted by molar-refractivity contribution is -0.129. The van der Waals surface area contributed by atoms with Crippen molar-refractivity contribution >= 4 is 5.91 Å². The molecule has 0 unspecified atom stereocenters. The van der Waals surface area contributed by atoms with Crippen LogP contribution in [0.15, 0.2) is 15.8 Å². The monoisotopic (exact) mass is 278 g/mol. The first kappa shape index (κ1) is 15.7. The van der Waals surface area contributed by atoms with Gasteiger partial charge in [0.15, 0.2) is 0 Å². The summed E-state index contributed by atoms with van der Waals surface area (Å²) in [5.74, 6) is 2.18. The summed E-state index contributed by atoms with van der Waals surface area (Å²) in [5.41, 5.74) is -0.421. The number of carbonyl (C=O) groups excluding carboxylic acids is 1.